The molecule has 0 aromatic carbocycles. The van der Waals surface area contributed by atoms with Crippen LogP contribution in [0.4, 0.5) is 5.82 Å². The lowest BCUT2D eigenvalue weighted by Crippen LogP contribution is -2.38. The number of fused-ring (bicyclic) bond motifs is 1. The van der Waals surface area contributed by atoms with Crippen molar-refractivity contribution in [2.24, 2.45) is 0 Å². The maximum absolute atomic E-state index is 11.6. The normalized spacial score (nSPS) is 14.5. The zero-order chi connectivity index (χ0) is 9.97. The van der Waals surface area contributed by atoms with E-state index in [1.165, 1.54) is 0 Å². The van der Waals surface area contributed by atoms with Gasteiger partial charge in [-0.25, -0.2) is 4.98 Å². The summed E-state index contributed by atoms with van der Waals surface area (Å²) in [7, 11) is 0. The Labute approximate surface area is 82.5 Å². The number of hydrogen-bond acceptors (Lipinski definition) is 3. The Morgan fingerprint density at radius 2 is 2.57 bits per heavy atom. The monoisotopic (exact) mass is 192 g/mol. The third-order valence-electron chi connectivity index (χ3n) is 2.18. The minimum Gasteiger partial charge on any atom is -0.488 e. The molecule has 0 bridgehead atoms. The summed E-state index contributed by atoms with van der Waals surface area (Å²) >= 11 is 0. The average molecular weight is 192 g/mol. The second-order valence-corrected chi connectivity index (χ2v) is 3.07. The first kappa shape index (κ1) is 8.99. The van der Waals surface area contributed by atoms with Gasteiger partial charge in [-0.3, -0.25) is 9.69 Å². The molecule has 4 nitrogen and oxygen atoms in total. The van der Waals surface area contributed by atoms with Gasteiger partial charge in [-0.05, 0) is 12.1 Å². The molecular formula is C10H12N2O2. The molecule has 0 radical (unpaired) electrons. The first-order valence-electron chi connectivity index (χ1n) is 4.71. The molecule has 2 heterocycles. The molecule has 1 aliphatic heterocycles. The predicted molar refractivity (Wildman–Crippen MR) is 52.4 cm³/mol. The van der Waals surface area contributed by atoms with E-state index < -0.39 is 0 Å². The number of anilines is 1. The second-order valence-electron chi connectivity index (χ2n) is 3.07. The van der Waals surface area contributed by atoms with E-state index in [4.69, 9.17) is 4.74 Å². The molecule has 0 spiro atoms. The second kappa shape index (κ2) is 3.65. The molecule has 0 N–H and O–H groups in total. The number of ether oxygens (including phenoxy) is 1. The number of carbonyl (C=O) groups is 1. The summed E-state index contributed by atoms with van der Waals surface area (Å²) in [5.41, 5.74) is 0. The highest BCUT2D eigenvalue weighted by molar-refractivity contribution is 5.93. The van der Waals surface area contributed by atoms with Gasteiger partial charge in [0.25, 0.3) is 0 Å². The van der Waals surface area contributed by atoms with Crippen LogP contribution in [0.15, 0.2) is 18.3 Å². The molecule has 1 aliphatic rings. The summed E-state index contributed by atoms with van der Waals surface area (Å²) in [4.78, 5) is 17.4. The molecule has 4 heteroatoms. The first-order valence-corrected chi connectivity index (χ1v) is 4.71. The van der Waals surface area contributed by atoms with E-state index in [1.54, 1.807) is 17.2 Å². The fraction of sp³-hybridized carbons (Fsp3) is 0.400. The van der Waals surface area contributed by atoms with Gasteiger partial charge in [0, 0.05) is 12.6 Å². The van der Waals surface area contributed by atoms with Gasteiger partial charge in [-0.15, -0.1) is 0 Å². The smallest absolute Gasteiger partial charge is 0.228 e. The Morgan fingerprint density at radius 3 is 3.36 bits per heavy atom. The van der Waals surface area contributed by atoms with Gasteiger partial charge in [0.2, 0.25) is 5.91 Å². The van der Waals surface area contributed by atoms with Crippen molar-refractivity contribution in [3.63, 3.8) is 0 Å². The van der Waals surface area contributed by atoms with Crippen molar-refractivity contribution in [2.75, 3.05) is 18.1 Å². The highest BCUT2D eigenvalue weighted by Gasteiger charge is 2.22. The lowest BCUT2D eigenvalue weighted by molar-refractivity contribution is -0.118. The zero-order valence-corrected chi connectivity index (χ0v) is 8.06. The predicted octanol–water partition coefficient (Wildman–Crippen LogP) is 1.22. The van der Waals surface area contributed by atoms with Crippen LogP contribution >= 0.6 is 0 Å². The Morgan fingerprint density at radius 1 is 1.71 bits per heavy atom. The summed E-state index contributed by atoms with van der Waals surface area (Å²) in [6, 6.07) is 3.64. The molecule has 0 saturated heterocycles. The van der Waals surface area contributed by atoms with Crippen molar-refractivity contribution in [1.29, 1.82) is 0 Å². The molecule has 2 rings (SSSR count). The molecule has 14 heavy (non-hydrogen) atoms. The fourth-order valence-corrected chi connectivity index (χ4v) is 1.48. The number of pyridine rings is 1. The molecule has 0 aliphatic carbocycles. The maximum Gasteiger partial charge on any atom is 0.228 e. The lowest BCUT2D eigenvalue weighted by atomic mass is 10.3. The summed E-state index contributed by atoms with van der Waals surface area (Å²) < 4.78 is 5.39. The van der Waals surface area contributed by atoms with E-state index in [0.717, 1.165) is 0 Å². The summed E-state index contributed by atoms with van der Waals surface area (Å²) in [6.07, 6.45) is 2.17. The molecule has 1 amide bonds. The van der Waals surface area contributed by atoms with E-state index in [2.05, 4.69) is 4.98 Å². The number of hydrogen-bond donors (Lipinski definition) is 0. The van der Waals surface area contributed by atoms with E-state index >= 15 is 0 Å². The topological polar surface area (TPSA) is 42.4 Å². The van der Waals surface area contributed by atoms with Gasteiger partial charge in [0.1, 0.15) is 6.61 Å². The lowest BCUT2D eigenvalue weighted by Gasteiger charge is -2.27. The Balaban J connectivity index is 2.35. The third kappa shape index (κ3) is 1.43. The summed E-state index contributed by atoms with van der Waals surface area (Å²) in [6.45, 7) is 2.99. The quantitative estimate of drug-likeness (QED) is 0.671. The minimum absolute atomic E-state index is 0.0910. The van der Waals surface area contributed by atoms with Crippen LogP contribution in [0.5, 0.6) is 5.75 Å². The van der Waals surface area contributed by atoms with E-state index in [0.29, 0.717) is 31.1 Å². The summed E-state index contributed by atoms with van der Waals surface area (Å²) in [5, 5.41) is 0. The fourth-order valence-electron chi connectivity index (χ4n) is 1.48. The Bertz CT molecular complexity index is 352. The van der Waals surface area contributed by atoms with Crippen LogP contribution in [0, 0.1) is 0 Å². The number of nitrogens with zero attached hydrogens (tertiary/aromatic N) is 2. The largest absolute Gasteiger partial charge is 0.488 e. The molecule has 0 fully saturated rings. The van der Waals surface area contributed by atoms with Crippen molar-refractivity contribution in [1.82, 2.24) is 4.98 Å². The van der Waals surface area contributed by atoms with E-state index in [1.807, 2.05) is 13.0 Å². The maximum atomic E-state index is 11.6. The number of amides is 1. The van der Waals surface area contributed by atoms with Crippen molar-refractivity contribution in [3.8, 4) is 5.75 Å². The van der Waals surface area contributed by atoms with Crippen LogP contribution in [-0.4, -0.2) is 24.0 Å². The van der Waals surface area contributed by atoms with Gasteiger partial charge in [0.15, 0.2) is 11.6 Å². The van der Waals surface area contributed by atoms with Gasteiger partial charge in [-0.1, -0.05) is 6.92 Å². The zero-order valence-electron chi connectivity index (χ0n) is 8.06. The van der Waals surface area contributed by atoms with Crippen molar-refractivity contribution in [2.45, 2.75) is 13.3 Å². The van der Waals surface area contributed by atoms with Crippen LogP contribution in [0.1, 0.15) is 13.3 Å². The Hall–Kier alpha value is -1.58. The minimum atomic E-state index is 0.0910. The highest BCUT2D eigenvalue weighted by atomic mass is 16.5. The molecule has 0 atom stereocenters. The van der Waals surface area contributed by atoms with Gasteiger partial charge >= 0.3 is 0 Å². The highest BCUT2D eigenvalue weighted by Crippen LogP contribution is 2.28. The van der Waals surface area contributed by atoms with E-state index in [-0.39, 0.29) is 5.91 Å². The SMILES string of the molecule is CCC(=O)N1CCOc2cccnc21. The van der Waals surface area contributed by atoms with Crippen molar-refractivity contribution in [3.05, 3.63) is 18.3 Å². The molecule has 1 aromatic rings. The molecule has 74 valence electrons. The van der Waals surface area contributed by atoms with Crippen LogP contribution < -0.4 is 9.64 Å². The number of aromatic nitrogens is 1. The standard InChI is InChI=1S/C10H12N2O2/c1-2-9(13)12-6-7-14-8-4-3-5-11-10(8)12/h3-5H,2,6-7H2,1H3. The van der Waals surface area contributed by atoms with Crippen molar-refractivity contribution < 1.29 is 9.53 Å². The third-order valence-corrected chi connectivity index (χ3v) is 2.18. The molecule has 0 saturated carbocycles. The van der Waals surface area contributed by atoms with Gasteiger partial charge < -0.3 is 4.74 Å². The van der Waals surface area contributed by atoms with Gasteiger partial charge in [0.05, 0.1) is 6.54 Å². The van der Waals surface area contributed by atoms with Crippen LogP contribution in [0.2, 0.25) is 0 Å². The molecule has 1 aromatic heterocycles. The average Bonchev–Trinajstić information content (AvgIpc) is 2.27. The van der Waals surface area contributed by atoms with Crippen molar-refractivity contribution >= 4 is 11.7 Å². The van der Waals surface area contributed by atoms with Crippen LogP contribution in [0.25, 0.3) is 0 Å². The van der Waals surface area contributed by atoms with Gasteiger partial charge in [-0.2, -0.15) is 0 Å². The number of rotatable bonds is 1. The Kier molecular flexibility index (Phi) is 2.35. The molecular weight excluding hydrogens is 180 g/mol. The summed E-state index contributed by atoms with van der Waals surface area (Å²) in [5.74, 6) is 1.43. The van der Waals surface area contributed by atoms with Crippen LogP contribution in [-0.2, 0) is 4.79 Å². The number of carbonyl (C=O) groups excluding carboxylic acids is 1. The van der Waals surface area contributed by atoms with E-state index in [9.17, 15) is 4.79 Å². The van der Waals surface area contributed by atoms with Crippen LogP contribution in [0.3, 0.4) is 0 Å². The first-order chi connectivity index (χ1) is 6.83. The molecule has 0 unspecified atom stereocenters.